The molecule has 0 radical (unpaired) electrons. The van der Waals surface area contributed by atoms with Gasteiger partial charge in [-0.2, -0.15) is 4.57 Å². The Morgan fingerprint density at radius 3 is 2.39 bits per heavy atom. The summed E-state index contributed by atoms with van der Waals surface area (Å²) in [5.41, 5.74) is 9.11. The summed E-state index contributed by atoms with van der Waals surface area (Å²) in [5, 5.41) is 0. The first-order valence-corrected chi connectivity index (χ1v) is 9.59. The Hall–Kier alpha value is -2.65. The van der Waals surface area contributed by atoms with Crippen LogP contribution < -0.4 is 21.5 Å². The van der Waals surface area contributed by atoms with Gasteiger partial charge in [-0.1, -0.05) is 66.2 Å². The quantitative estimate of drug-likeness (QED) is 0.431. The van der Waals surface area contributed by atoms with Crippen molar-refractivity contribution in [3.63, 3.8) is 0 Å². The average Bonchev–Trinajstić information content (AvgIpc) is 3.09. The summed E-state index contributed by atoms with van der Waals surface area (Å²) in [5.74, 6) is 1.28. The number of hydrogen-bond donors (Lipinski definition) is 0. The molecule has 4 aromatic rings. The van der Waals surface area contributed by atoms with Crippen molar-refractivity contribution in [3.05, 3.63) is 95.7 Å². The van der Waals surface area contributed by atoms with Crippen LogP contribution >= 0.6 is 0 Å². The largest absolute Gasteiger partial charge is 1.00 e. The molecule has 0 bridgehead atoms. The van der Waals surface area contributed by atoms with Crippen molar-refractivity contribution in [1.29, 1.82) is 0 Å². The van der Waals surface area contributed by atoms with E-state index in [4.69, 9.17) is 0 Å². The van der Waals surface area contributed by atoms with E-state index in [1.54, 1.807) is 0 Å². The lowest BCUT2D eigenvalue weighted by atomic mass is 10.0. The van der Waals surface area contributed by atoms with Crippen LogP contribution in [0.25, 0.3) is 28.3 Å². The molecule has 3 heteroatoms. The normalized spacial score (nSPS) is 12.1. The van der Waals surface area contributed by atoms with Crippen molar-refractivity contribution >= 4 is 0 Å². The first-order chi connectivity index (χ1) is 13.2. The zero-order valence-corrected chi connectivity index (χ0v) is 17.8. The van der Waals surface area contributed by atoms with Gasteiger partial charge in [0.05, 0.1) is 12.1 Å². The molecule has 0 N–H and O–H groups in total. The third-order valence-corrected chi connectivity index (χ3v) is 5.55. The first-order valence-electron chi connectivity index (χ1n) is 9.59. The molecule has 1 aliphatic rings. The van der Waals surface area contributed by atoms with Crippen molar-refractivity contribution in [2.24, 2.45) is 0 Å². The summed E-state index contributed by atoms with van der Waals surface area (Å²) < 4.78 is 4.87. The number of imidazole rings is 1. The second kappa shape index (κ2) is 7.40. The number of aryl methyl sites for hydroxylation is 4. The zero-order chi connectivity index (χ0) is 18.4. The number of nitrogens with zero attached hydrogens (tertiary/aromatic N) is 2. The molecule has 2 nitrogen and oxygen atoms in total. The predicted octanol–water partition coefficient (Wildman–Crippen LogP) is 2.28. The molecule has 0 unspecified atom stereocenters. The topological polar surface area (TPSA) is 8.81 Å². The lowest BCUT2D eigenvalue weighted by Gasteiger charge is -2.15. The van der Waals surface area contributed by atoms with Gasteiger partial charge in [0.15, 0.2) is 5.69 Å². The summed E-state index contributed by atoms with van der Waals surface area (Å²) in [4.78, 5) is 0. The SMILES string of the molecule is Cc1ccc(-n2c(-c3ccccc3)c[n+]3c2-c2ccccc2CC3)c(C)c1.[Br-]. The standard InChI is InChI=1S/C25H23N2.BrH/c1-18-12-13-23(19(2)16-18)27-24(21-9-4-3-5-10-21)17-26-15-14-20-8-6-7-11-22(20)25(26)27;/h3-13,16-17H,14-15H2,1-2H3;1H/q+1;/p-1. The van der Waals surface area contributed by atoms with E-state index in [9.17, 15) is 0 Å². The monoisotopic (exact) mass is 430 g/mol. The number of rotatable bonds is 2. The molecule has 0 saturated carbocycles. The molecular formula is C25H23BrN2. The fraction of sp³-hybridized carbons (Fsp3) is 0.160. The molecule has 0 aliphatic carbocycles. The van der Waals surface area contributed by atoms with Crippen molar-refractivity contribution in [2.75, 3.05) is 0 Å². The molecule has 5 rings (SSSR count). The van der Waals surface area contributed by atoms with Crippen LogP contribution in [0.15, 0.2) is 79.0 Å². The van der Waals surface area contributed by atoms with Crippen LogP contribution in [0.4, 0.5) is 0 Å². The van der Waals surface area contributed by atoms with Gasteiger partial charge in [0.1, 0.15) is 11.9 Å². The number of halogens is 1. The number of fused-ring (bicyclic) bond motifs is 3. The molecule has 0 fully saturated rings. The summed E-state index contributed by atoms with van der Waals surface area (Å²) in [6.45, 7) is 5.39. The zero-order valence-electron chi connectivity index (χ0n) is 16.2. The van der Waals surface area contributed by atoms with Gasteiger partial charge in [-0.3, -0.25) is 0 Å². The number of benzene rings is 3. The molecule has 2 heterocycles. The minimum atomic E-state index is 0. The number of aromatic nitrogens is 2. The summed E-state index contributed by atoms with van der Waals surface area (Å²) in [7, 11) is 0. The maximum atomic E-state index is 2.45. The van der Waals surface area contributed by atoms with Crippen LogP contribution in [0.3, 0.4) is 0 Å². The number of hydrogen-bond acceptors (Lipinski definition) is 0. The predicted molar refractivity (Wildman–Crippen MR) is 110 cm³/mol. The maximum Gasteiger partial charge on any atom is 0.294 e. The van der Waals surface area contributed by atoms with E-state index in [2.05, 4.69) is 102 Å². The molecule has 0 spiro atoms. The molecule has 3 aromatic carbocycles. The van der Waals surface area contributed by atoms with Crippen molar-refractivity contribution in [3.8, 4) is 28.3 Å². The van der Waals surface area contributed by atoms with E-state index in [1.165, 1.54) is 45.0 Å². The lowest BCUT2D eigenvalue weighted by Crippen LogP contribution is -3.00. The third-order valence-electron chi connectivity index (χ3n) is 5.55. The average molecular weight is 431 g/mol. The Balaban J connectivity index is 0.00000192. The van der Waals surface area contributed by atoms with Crippen molar-refractivity contribution in [2.45, 2.75) is 26.8 Å². The Morgan fingerprint density at radius 2 is 1.61 bits per heavy atom. The summed E-state index contributed by atoms with van der Waals surface area (Å²) in [6.07, 6.45) is 3.40. The second-order valence-corrected chi connectivity index (χ2v) is 7.43. The summed E-state index contributed by atoms with van der Waals surface area (Å²) >= 11 is 0. The van der Waals surface area contributed by atoms with Crippen LogP contribution in [0, 0.1) is 13.8 Å². The fourth-order valence-corrected chi connectivity index (χ4v) is 4.26. The van der Waals surface area contributed by atoms with E-state index in [-0.39, 0.29) is 17.0 Å². The minimum Gasteiger partial charge on any atom is -1.00 e. The molecule has 140 valence electrons. The molecule has 28 heavy (non-hydrogen) atoms. The van der Waals surface area contributed by atoms with Gasteiger partial charge in [0.2, 0.25) is 0 Å². The Kier molecular flexibility index (Phi) is 4.94. The minimum absolute atomic E-state index is 0. The van der Waals surface area contributed by atoms with Gasteiger partial charge in [0, 0.05) is 12.0 Å². The van der Waals surface area contributed by atoms with E-state index in [0.717, 1.165) is 13.0 Å². The Labute approximate surface area is 176 Å². The van der Waals surface area contributed by atoms with Gasteiger partial charge in [-0.05, 0) is 37.1 Å². The van der Waals surface area contributed by atoms with Gasteiger partial charge in [-0.25, -0.2) is 4.57 Å². The molecular weight excluding hydrogens is 408 g/mol. The Bertz CT molecular complexity index is 1140. The molecule has 0 amide bonds. The second-order valence-electron chi connectivity index (χ2n) is 7.43. The third kappa shape index (κ3) is 3.00. The highest BCUT2D eigenvalue weighted by Crippen LogP contribution is 2.34. The molecule has 0 saturated heterocycles. The van der Waals surface area contributed by atoms with E-state index < -0.39 is 0 Å². The highest BCUT2D eigenvalue weighted by Gasteiger charge is 2.32. The van der Waals surface area contributed by atoms with Crippen LogP contribution in [-0.4, -0.2) is 4.57 Å². The maximum absolute atomic E-state index is 2.45. The Morgan fingerprint density at radius 1 is 0.857 bits per heavy atom. The van der Waals surface area contributed by atoms with Crippen LogP contribution in [-0.2, 0) is 13.0 Å². The van der Waals surface area contributed by atoms with Crippen LogP contribution in [0.1, 0.15) is 16.7 Å². The molecule has 1 aliphatic heterocycles. The van der Waals surface area contributed by atoms with E-state index in [0.29, 0.717) is 0 Å². The lowest BCUT2D eigenvalue weighted by molar-refractivity contribution is -0.686. The van der Waals surface area contributed by atoms with E-state index in [1.807, 2.05) is 0 Å². The highest BCUT2D eigenvalue weighted by atomic mass is 79.9. The van der Waals surface area contributed by atoms with Crippen molar-refractivity contribution < 1.29 is 21.5 Å². The van der Waals surface area contributed by atoms with E-state index >= 15 is 0 Å². The molecule has 1 aromatic heterocycles. The van der Waals surface area contributed by atoms with Gasteiger partial charge < -0.3 is 17.0 Å². The smallest absolute Gasteiger partial charge is 0.294 e. The first kappa shape index (κ1) is 18.7. The van der Waals surface area contributed by atoms with Crippen molar-refractivity contribution in [1.82, 2.24) is 4.57 Å². The van der Waals surface area contributed by atoms with Gasteiger partial charge in [0.25, 0.3) is 5.82 Å². The summed E-state index contributed by atoms with van der Waals surface area (Å²) in [6, 6.07) is 26.3. The fourth-order valence-electron chi connectivity index (χ4n) is 4.26. The van der Waals surface area contributed by atoms with Gasteiger partial charge in [-0.15, -0.1) is 0 Å². The molecule has 0 atom stereocenters. The van der Waals surface area contributed by atoms with Crippen LogP contribution in [0.2, 0.25) is 0 Å². The highest BCUT2D eigenvalue weighted by molar-refractivity contribution is 5.70. The van der Waals surface area contributed by atoms with Gasteiger partial charge >= 0.3 is 0 Å². The van der Waals surface area contributed by atoms with Crippen LogP contribution in [0.5, 0.6) is 0 Å².